The summed E-state index contributed by atoms with van der Waals surface area (Å²) in [5.41, 5.74) is 5.40. The second kappa shape index (κ2) is 7.44. The van der Waals surface area contributed by atoms with E-state index in [-0.39, 0.29) is 17.3 Å². The molecular weight excluding hydrogens is 324 g/mol. The molecule has 0 aromatic heterocycles. The quantitative estimate of drug-likeness (QED) is 0.744. The molecule has 1 aliphatic carbocycles. The van der Waals surface area contributed by atoms with E-state index < -0.39 is 0 Å². The Morgan fingerprint density at radius 1 is 0.885 bits per heavy atom. The van der Waals surface area contributed by atoms with Crippen LogP contribution in [0.1, 0.15) is 52.1 Å². The van der Waals surface area contributed by atoms with Crippen LogP contribution in [-0.2, 0) is 11.2 Å². The van der Waals surface area contributed by atoms with Gasteiger partial charge in [-0.2, -0.15) is 0 Å². The van der Waals surface area contributed by atoms with E-state index in [0.29, 0.717) is 24.0 Å². The SMILES string of the molecule is CC(=O)c1ccc(/C=C2\CC(=O)C=C2Cc2ccc(C(C)=O)cc2)cc1. The van der Waals surface area contributed by atoms with Crippen molar-refractivity contribution in [2.24, 2.45) is 0 Å². The molecule has 0 unspecified atom stereocenters. The normalized spacial score (nSPS) is 15.2. The van der Waals surface area contributed by atoms with E-state index in [1.54, 1.807) is 32.1 Å². The molecule has 2 aromatic rings. The van der Waals surface area contributed by atoms with Crippen molar-refractivity contribution in [1.29, 1.82) is 0 Å². The van der Waals surface area contributed by atoms with E-state index in [9.17, 15) is 14.4 Å². The van der Waals surface area contributed by atoms with Crippen LogP contribution < -0.4 is 0 Å². The van der Waals surface area contributed by atoms with Crippen LogP contribution in [0.2, 0.25) is 0 Å². The third kappa shape index (κ3) is 4.12. The maximum atomic E-state index is 11.9. The minimum Gasteiger partial charge on any atom is -0.295 e. The molecule has 0 fully saturated rings. The fourth-order valence-electron chi connectivity index (χ4n) is 3.04. The first-order chi connectivity index (χ1) is 12.4. The van der Waals surface area contributed by atoms with Crippen LogP contribution in [0.15, 0.2) is 65.8 Å². The van der Waals surface area contributed by atoms with Gasteiger partial charge in [0.1, 0.15) is 0 Å². The van der Waals surface area contributed by atoms with Gasteiger partial charge in [0.25, 0.3) is 0 Å². The summed E-state index contributed by atoms with van der Waals surface area (Å²) in [5, 5.41) is 0. The smallest absolute Gasteiger partial charge is 0.160 e. The van der Waals surface area contributed by atoms with E-state index in [1.165, 1.54) is 0 Å². The lowest BCUT2D eigenvalue weighted by Gasteiger charge is -2.07. The first kappa shape index (κ1) is 17.7. The van der Waals surface area contributed by atoms with Crippen molar-refractivity contribution in [2.75, 3.05) is 0 Å². The van der Waals surface area contributed by atoms with Gasteiger partial charge in [0.15, 0.2) is 17.3 Å². The number of carbonyl (C=O) groups excluding carboxylic acids is 3. The Labute approximate surface area is 153 Å². The second-order valence-corrected chi connectivity index (χ2v) is 6.59. The number of allylic oxidation sites excluding steroid dienone is 3. The van der Waals surface area contributed by atoms with E-state index in [4.69, 9.17) is 0 Å². The topological polar surface area (TPSA) is 51.2 Å². The van der Waals surface area contributed by atoms with Crippen molar-refractivity contribution in [3.63, 3.8) is 0 Å². The van der Waals surface area contributed by atoms with Crippen LogP contribution in [-0.4, -0.2) is 17.3 Å². The minimum atomic E-state index is 0.0369. The summed E-state index contributed by atoms with van der Waals surface area (Å²) in [6, 6.07) is 14.9. The Kier molecular flexibility index (Phi) is 5.08. The van der Waals surface area contributed by atoms with Gasteiger partial charge in [-0.25, -0.2) is 0 Å². The Balaban J connectivity index is 1.81. The standard InChI is InChI=1S/C23H20O3/c1-15(24)19-7-3-17(4-8-19)11-21-13-23(26)14-22(21)12-18-5-9-20(10-6-18)16(2)25/h3-11,14H,12-13H2,1-2H3/b21-11+. The Morgan fingerprint density at radius 3 is 1.96 bits per heavy atom. The lowest BCUT2D eigenvalue weighted by molar-refractivity contribution is -0.113. The number of benzene rings is 2. The molecule has 0 atom stereocenters. The molecule has 0 spiro atoms. The highest BCUT2D eigenvalue weighted by molar-refractivity contribution is 5.99. The van der Waals surface area contributed by atoms with Crippen LogP contribution in [0, 0.1) is 0 Å². The molecule has 130 valence electrons. The number of carbonyl (C=O) groups is 3. The lowest BCUT2D eigenvalue weighted by Crippen LogP contribution is -1.95. The van der Waals surface area contributed by atoms with E-state index in [2.05, 4.69) is 0 Å². The van der Waals surface area contributed by atoms with E-state index >= 15 is 0 Å². The average molecular weight is 344 g/mol. The molecule has 0 saturated heterocycles. The zero-order valence-electron chi connectivity index (χ0n) is 14.9. The summed E-state index contributed by atoms with van der Waals surface area (Å²) in [7, 11) is 0. The molecule has 3 heteroatoms. The summed E-state index contributed by atoms with van der Waals surface area (Å²) >= 11 is 0. The molecule has 3 nitrogen and oxygen atoms in total. The van der Waals surface area contributed by atoms with Crippen LogP contribution in [0.3, 0.4) is 0 Å². The van der Waals surface area contributed by atoms with E-state index in [0.717, 1.165) is 22.3 Å². The summed E-state index contributed by atoms with van der Waals surface area (Å²) in [6.07, 6.45) is 4.76. The number of rotatable bonds is 5. The molecule has 0 heterocycles. The summed E-state index contributed by atoms with van der Waals surface area (Å²) in [6.45, 7) is 3.09. The van der Waals surface area contributed by atoms with Crippen molar-refractivity contribution in [3.8, 4) is 0 Å². The Hall–Kier alpha value is -3.07. The van der Waals surface area contributed by atoms with Crippen LogP contribution in [0.25, 0.3) is 6.08 Å². The maximum absolute atomic E-state index is 11.9. The van der Waals surface area contributed by atoms with Crippen molar-refractivity contribution in [3.05, 3.63) is 88.0 Å². The molecular formula is C23H20O3. The van der Waals surface area contributed by atoms with Gasteiger partial charge in [-0.3, -0.25) is 14.4 Å². The molecule has 0 radical (unpaired) electrons. The van der Waals surface area contributed by atoms with Gasteiger partial charge in [-0.1, -0.05) is 54.6 Å². The van der Waals surface area contributed by atoms with Gasteiger partial charge in [0.05, 0.1) is 0 Å². The van der Waals surface area contributed by atoms with Gasteiger partial charge < -0.3 is 0 Å². The number of hydrogen-bond acceptors (Lipinski definition) is 3. The molecule has 0 saturated carbocycles. The van der Waals surface area contributed by atoms with Gasteiger partial charge in [0, 0.05) is 17.5 Å². The monoisotopic (exact) mass is 344 g/mol. The van der Waals surface area contributed by atoms with Gasteiger partial charge in [-0.05, 0) is 48.6 Å². The Morgan fingerprint density at radius 2 is 1.42 bits per heavy atom. The third-order valence-corrected chi connectivity index (χ3v) is 4.53. The summed E-state index contributed by atoms with van der Waals surface area (Å²) in [4.78, 5) is 34.7. The average Bonchev–Trinajstić information content (AvgIpc) is 2.95. The first-order valence-corrected chi connectivity index (χ1v) is 8.57. The zero-order chi connectivity index (χ0) is 18.7. The fraction of sp³-hybridized carbons (Fsp3) is 0.174. The summed E-state index contributed by atoms with van der Waals surface area (Å²) in [5.74, 6) is 0.184. The highest BCUT2D eigenvalue weighted by Gasteiger charge is 2.18. The number of hydrogen-bond donors (Lipinski definition) is 0. The molecule has 0 aliphatic heterocycles. The van der Waals surface area contributed by atoms with Crippen molar-refractivity contribution < 1.29 is 14.4 Å². The third-order valence-electron chi connectivity index (χ3n) is 4.53. The minimum absolute atomic E-state index is 0.0369. The molecule has 26 heavy (non-hydrogen) atoms. The van der Waals surface area contributed by atoms with E-state index in [1.807, 2.05) is 42.5 Å². The fourth-order valence-corrected chi connectivity index (χ4v) is 3.04. The lowest BCUT2D eigenvalue weighted by atomic mass is 9.97. The Bertz CT molecular complexity index is 926. The molecule has 0 amide bonds. The largest absolute Gasteiger partial charge is 0.295 e. The first-order valence-electron chi connectivity index (χ1n) is 8.57. The summed E-state index contributed by atoms with van der Waals surface area (Å²) < 4.78 is 0. The predicted molar refractivity (Wildman–Crippen MR) is 102 cm³/mol. The molecule has 1 aliphatic rings. The predicted octanol–water partition coefficient (Wildman–Crippen LogP) is 4.62. The highest BCUT2D eigenvalue weighted by atomic mass is 16.1. The molecule has 0 N–H and O–H groups in total. The van der Waals surface area contributed by atoms with Crippen molar-refractivity contribution in [1.82, 2.24) is 0 Å². The van der Waals surface area contributed by atoms with Crippen LogP contribution >= 0.6 is 0 Å². The number of Topliss-reactive ketones (excluding diaryl/α,β-unsaturated/α-hetero) is 2. The second-order valence-electron chi connectivity index (χ2n) is 6.59. The van der Waals surface area contributed by atoms with Gasteiger partial charge >= 0.3 is 0 Å². The zero-order valence-corrected chi connectivity index (χ0v) is 14.9. The van der Waals surface area contributed by atoms with Crippen LogP contribution in [0.5, 0.6) is 0 Å². The van der Waals surface area contributed by atoms with Crippen LogP contribution in [0.4, 0.5) is 0 Å². The molecule has 2 aromatic carbocycles. The van der Waals surface area contributed by atoms with Crippen molar-refractivity contribution in [2.45, 2.75) is 26.7 Å². The number of ketones is 3. The molecule has 3 rings (SSSR count). The highest BCUT2D eigenvalue weighted by Crippen LogP contribution is 2.28. The molecule has 0 bridgehead atoms. The van der Waals surface area contributed by atoms with Gasteiger partial charge in [0.2, 0.25) is 0 Å². The maximum Gasteiger partial charge on any atom is 0.160 e. The van der Waals surface area contributed by atoms with Gasteiger partial charge in [-0.15, -0.1) is 0 Å². The van der Waals surface area contributed by atoms with Crippen molar-refractivity contribution >= 4 is 23.4 Å².